The van der Waals surface area contributed by atoms with E-state index in [1.165, 1.54) is 12.1 Å². The highest BCUT2D eigenvalue weighted by Gasteiger charge is 2.29. The van der Waals surface area contributed by atoms with Gasteiger partial charge in [0.1, 0.15) is 0 Å². The summed E-state index contributed by atoms with van der Waals surface area (Å²) in [6.07, 6.45) is 4.87. The second-order valence-corrected chi connectivity index (χ2v) is 5.02. The number of halogens is 1. The summed E-state index contributed by atoms with van der Waals surface area (Å²) in [4.78, 5) is 6.49. The fourth-order valence-electron chi connectivity index (χ4n) is 2.25. The van der Waals surface area contributed by atoms with Crippen molar-refractivity contribution in [2.75, 3.05) is 18.0 Å². The standard InChI is InChI=1S/C11H16BrN3/c1-8-4-9(5-13)7-15(8)11-2-3-14-6-10(11)12/h2-3,6,8-9H,4-5,7,13H2,1H3. The molecular formula is C11H16BrN3. The largest absolute Gasteiger partial charge is 0.367 e. The molecule has 0 amide bonds. The Morgan fingerprint density at radius 1 is 1.67 bits per heavy atom. The van der Waals surface area contributed by atoms with Crippen LogP contribution >= 0.6 is 15.9 Å². The molecule has 1 saturated heterocycles. The van der Waals surface area contributed by atoms with Gasteiger partial charge in [-0.3, -0.25) is 4.98 Å². The summed E-state index contributed by atoms with van der Waals surface area (Å²) >= 11 is 3.54. The van der Waals surface area contributed by atoms with E-state index in [9.17, 15) is 0 Å². The summed E-state index contributed by atoms with van der Waals surface area (Å²) < 4.78 is 1.06. The third-order valence-corrected chi connectivity index (χ3v) is 3.67. The van der Waals surface area contributed by atoms with E-state index >= 15 is 0 Å². The number of rotatable bonds is 2. The van der Waals surface area contributed by atoms with Crippen LogP contribution in [0.5, 0.6) is 0 Å². The minimum Gasteiger partial charge on any atom is -0.367 e. The van der Waals surface area contributed by atoms with E-state index in [0.29, 0.717) is 12.0 Å². The van der Waals surface area contributed by atoms with Crippen LogP contribution in [0.15, 0.2) is 22.9 Å². The van der Waals surface area contributed by atoms with Gasteiger partial charge in [-0.1, -0.05) is 0 Å². The highest BCUT2D eigenvalue weighted by atomic mass is 79.9. The van der Waals surface area contributed by atoms with Gasteiger partial charge in [-0.05, 0) is 47.8 Å². The molecular weight excluding hydrogens is 254 g/mol. The lowest BCUT2D eigenvalue weighted by molar-refractivity contribution is 0.579. The van der Waals surface area contributed by atoms with Gasteiger partial charge in [0.15, 0.2) is 0 Å². The van der Waals surface area contributed by atoms with E-state index in [1.807, 2.05) is 12.4 Å². The summed E-state index contributed by atoms with van der Waals surface area (Å²) in [6, 6.07) is 2.62. The van der Waals surface area contributed by atoms with Crippen molar-refractivity contribution in [3.63, 3.8) is 0 Å². The number of nitrogens with two attached hydrogens (primary N) is 1. The van der Waals surface area contributed by atoms with Crippen molar-refractivity contribution in [3.05, 3.63) is 22.9 Å². The Kier molecular flexibility index (Phi) is 3.26. The van der Waals surface area contributed by atoms with E-state index in [4.69, 9.17) is 5.73 Å². The Balaban J connectivity index is 2.21. The van der Waals surface area contributed by atoms with Crippen LogP contribution in [-0.4, -0.2) is 24.1 Å². The Morgan fingerprint density at radius 3 is 3.07 bits per heavy atom. The third-order valence-electron chi connectivity index (χ3n) is 3.06. The van der Waals surface area contributed by atoms with Gasteiger partial charge >= 0.3 is 0 Å². The number of nitrogens with zero attached hydrogens (tertiary/aromatic N) is 2. The van der Waals surface area contributed by atoms with Crippen LogP contribution in [0.1, 0.15) is 13.3 Å². The van der Waals surface area contributed by atoms with Gasteiger partial charge in [0.25, 0.3) is 0 Å². The quantitative estimate of drug-likeness (QED) is 0.894. The fraction of sp³-hybridized carbons (Fsp3) is 0.545. The lowest BCUT2D eigenvalue weighted by Gasteiger charge is -2.24. The first kappa shape index (κ1) is 10.9. The van der Waals surface area contributed by atoms with Crippen molar-refractivity contribution in [3.8, 4) is 0 Å². The van der Waals surface area contributed by atoms with Crippen LogP contribution in [0, 0.1) is 5.92 Å². The summed E-state index contributed by atoms with van der Waals surface area (Å²) in [5, 5.41) is 0. The van der Waals surface area contributed by atoms with Gasteiger partial charge in [-0.2, -0.15) is 0 Å². The molecule has 0 radical (unpaired) electrons. The third kappa shape index (κ3) is 2.16. The molecule has 3 nitrogen and oxygen atoms in total. The predicted molar refractivity (Wildman–Crippen MR) is 65.9 cm³/mol. The van der Waals surface area contributed by atoms with Crippen molar-refractivity contribution in [2.45, 2.75) is 19.4 Å². The Morgan fingerprint density at radius 2 is 2.47 bits per heavy atom. The molecule has 0 aliphatic carbocycles. The van der Waals surface area contributed by atoms with Crippen LogP contribution in [0.2, 0.25) is 0 Å². The zero-order valence-corrected chi connectivity index (χ0v) is 10.4. The predicted octanol–water partition coefficient (Wildman–Crippen LogP) is 2.02. The first-order valence-electron chi connectivity index (χ1n) is 5.28. The molecule has 2 unspecified atom stereocenters. The van der Waals surface area contributed by atoms with E-state index < -0.39 is 0 Å². The lowest BCUT2D eigenvalue weighted by atomic mass is 10.1. The van der Waals surface area contributed by atoms with Crippen LogP contribution in [0.4, 0.5) is 5.69 Å². The van der Waals surface area contributed by atoms with Crippen molar-refractivity contribution >= 4 is 21.6 Å². The zero-order chi connectivity index (χ0) is 10.8. The number of aromatic nitrogens is 1. The average molecular weight is 270 g/mol. The highest BCUT2D eigenvalue weighted by Crippen LogP contribution is 2.32. The van der Waals surface area contributed by atoms with Crippen LogP contribution in [0.3, 0.4) is 0 Å². The number of pyridine rings is 1. The van der Waals surface area contributed by atoms with Gasteiger partial charge in [-0.25, -0.2) is 0 Å². The SMILES string of the molecule is CC1CC(CN)CN1c1ccncc1Br. The lowest BCUT2D eigenvalue weighted by Crippen LogP contribution is -2.27. The molecule has 0 spiro atoms. The first-order chi connectivity index (χ1) is 7.22. The summed E-state index contributed by atoms with van der Waals surface area (Å²) in [5.74, 6) is 0.625. The molecule has 1 aromatic heterocycles. The van der Waals surface area contributed by atoms with Gasteiger partial charge in [0, 0.05) is 25.0 Å². The normalized spacial score (nSPS) is 25.9. The molecule has 2 N–H and O–H groups in total. The molecule has 2 heterocycles. The minimum absolute atomic E-state index is 0.567. The second-order valence-electron chi connectivity index (χ2n) is 4.17. The molecule has 0 aromatic carbocycles. The maximum atomic E-state index is 5.72. The minimum atomic E-state index is 0.567. The first-order valence-corrected chi connectivity index (χ1v) is 6.08. The van der Waals surface area contributed by atoms with Gasteiger partial charge in [0.05, 0.1) is 10.2 Å². The summed E-state index contributed by atoms with van der Waals surface area (Å²) in [7, 11) is 0. The number of hydrogen-bond donors (Lipinski definition) is 1. The maximum Gasteiger partial charge on any atom is 0.0592 e. The van der Waals surface area contributed by atoms with Gasteiger partial charge in [0.2, 0.25) is 0 Å². The van der Waals surface area contributed by atoms with E-state index in [2.05, 4.69) is 38.8 Å². The maximum absolute atomic E-state index is 5.72. The Labute approximate surface area is 98.8 Å². The van der Waals surface area contributed by atoms with E-state index in [0.717, 1.165) is 17.6 Å². The van der Waals surface area contributed by atoms with E-state index in [-0.39, 0.29) is 0 Å². The second kappa shape index (κ2) is 4.49. The van der Waals surface area contributed by atoms with Crippen molar-refractivity contribution in [2.24, 2.45) is 11.7 Å². The monoisotopic (exact) mass is 269 g/mol. The van der Waals surface area contributed by atoms with Gasteiger partial charge < -0.3 is 10.6 Å². The summed E-state index contributed by atoms with van der Waals surface area (Å²) in [5.41, 5.74) is 6.95. The number of hydrogen-bond acceptors (Lipinski definition) is 3. The van der Waals surface area contributed by atoms with Crippen LogP contribution < -0.4 is 10.6 Å². The molecule has 2 atom stereocenters. The zero-order valence-electron chi connectivity index (χ0n) is 8.86. The van der Waals surface area contributed by atoms with Crippen molar-refractivity contribution in [1.82, 2.24) is 4.98 Å². The molecule has 15 heavy (non-hydrogen) atoms. The Bertz CT molecular complexity index is 342. The van der Waals surface area contributed by atoms with Crippen LogP contribution in [-0.2, 0) is 0 Å². The molecule has 0 bridgehead atoms. The number of anilines is 1. The molecule has 1 aromatic rings. The van der Waals surface area contributed by atoms with Crippen molar-refractivity contribution < 1.29 is 0 Å². The molecule has 4 heteroatoms. The molecule has 0 saturated carbocycles. The fourth-order valence-corrected chi connectivity index (χ4v) is 2.73. The van der Waals surface area contributed by atoms with E-state index in [1.54, 1.807) is 0 Å². The average Bonchev–Trinajstić information content (AvgIpc) is 2.60. The van der Waals surface area contributed by atoms with Crippen molar-refractivity contribution in [1.29, 1.82) is 0 Å². The summed E-state index contributed by atoms with van der Waals surface area (Å²) in [6.45, 7) is 4.09. The molecule has 82 valence electrons. The molecule has 2 rings (SSSR count). The smallest absolute Gasteiger partial charge is 0.0592 e. The molecule has 1 fully saturated rings. The van der Waals surface area contributed by atoms with Crippen LogP contribution in [0.25, 0.3) is 0 Å². The molecule has 1 aliphatic rings. The highest BCUT2D eigenvalue weighted by molar-refractivity contribution is 9.10. The topological polar surface area (TPSA) is 42.1 Å². The van der Waals surface area contributed by atoms with Gasteiger partial charge in [-0.15, -0.1) is 0 Å². The molecule has 1 aliphatic heterocycles. The Hall–Kier alpha value is -0.610.